The topological polar surface area (TPSA) is 60.4 Å². The van der Waals surface area contributed by atoms with Crippen LogP contribution >= 0.6 is 11.8 Å². The molecule has 0 aromatic heterocycles. The summed E-state index contributed by atoms with van der Waals surface area (Å²) in [5, 5.41) is 0. The Balaban J connectivity index is 3.08. The lowest BCUT2D eigenvalue weighted by atomic mass is 10.3. The van der Waals surface area contributed by atoms with Crippen LogP contribution in [0.4, 0.5) is 0 Å². The number of thioether (sulfide) groups is 1. The lowest BCUT2D eigenvalue weighted by molar-refractivity contribution is -0.143. The predicted octanol–water partition coefficient (Wildman–Crippen LogP) is -0.0598. The molecule has 6 heteroatoms. The van der Waals surface area contributed by atoms with E-state index in [-0.39, 0.29) is 5.78 Å². The van der Waals surface area contributed by atoms with Gasteiger partial charge in [0, 0.05) is 11.5 Å². The Hall–Kier alpha value is -0.360. The molecule has 1 fully saturated rings. The third kappa shape index (κ3) is 1.52. The van der Waals surface area contributed by atoms with Crippen molar-refractivity contribution in [1.29, 1.82) is 0 Å². The van der Waals surface area contributed by atoms with Gasteiger partial charge in [0.25, 0.3) is 0 Å². The summed E-state index contributed by atoms with van der Waals surface area (Å²) in [6.45, 7) is 1.27. The Morgan fingerprint density at radius 2 is 2.15 bits per heavy atom. The van der Waals surface area contributed by atoms with Crippen molar-refractivity contribution in [2.24, 2.45) is 0 Å². The molecular formula is C7H10O4S2. The molecule has 1 aliphatic heterocycles. The molecule has 2 atom stereocenters. The van der Waals surface area contributed by atoms with Gasteiger partial charge in [0.05, 0.1) is 17.9 Å². The molecule has 74 valence electrons. The van der Waals surface area contributed by atoms with E-state index in [1.165, 1.54) is 14.0 Å². The zero-order chi connectivity index (χ0) is 10.1. The fourth-order valence-corrected chi connectivity index (χ4v) is 4.70. The van der Waals surface area contributed by atoms with E-state index in [4.69, 9.17) is 0 Å². The first kappa shape index (κ1) is 10.7. The zero-order valence-electron chi connectivity index (χ0n) is 7.36. The Morgan fingerprint density at radius 3 is 2.46 bits per heavy atom. The highest BCUT2D eigenvalue weighted by Gasteiger charge is 2.54. The van der Waals surface area contributed by atoms with Crippen LogP contribution < -0.4 is 0 Å². The number of carbonyl (C=O) groups is 2. The number of rotatable bonds is 2. The highest BCUT2D eigenvalue weighted by Crippen LogP contribution is 2.37. The normalized spacial score (nSPS) is 32.9. The van der Waals surface area contributed by atoms with Gasteiger partial charge in [-0.1, -0.05) is 0 Å². The largest absolute Gasteiger partial charge is 0.467 e. The van der Waals surface area contributed by atoms with E-state index in [1.807, 2.05) is 0 Å². The van der Waals surface area contributed by atoms with Crippen LogP contribution in [-0.4, -0.2) is 38.7 Å². The van der Waals surface area contributed by atoms with Crippen LogP contribution in [0.5, 0.6) is 0 Å². The molecule has 0 radical (unpaired) electrons. The van der Waals surface area contributed by atoms with Gasteiger partial charge in [-0.3, -0.25) is 9.00 Å². The summed E-state index contributed by atoms with van der Waals surface area (Å²) in [6.07, 6.45) is 0. The minimum atomic E-state index is -1.45. The van der Waals surface area contributed by atoms with Gasteiger partial charge in [-0.2, -0.15) is 0 Å². The molecule has 0 N–H and O–H groups in total. The van der Waals surface area contributed by atoms with Crippen LogP contribution in [0.2, 0.25) is 0 Å². The molecule has 0 spiro atoms. The quantitative estimate of drug-likeness (QED) is 0.484. The molecule has 0 unspecified atom stereocenters. The fraction of sp³-hybridized carbons (Fsp3) is 0.714. The fourth-order valence-electron chi connectivity index (χ4n) is 1.16. The van der Waals surface area contributed by atoms with Crippen LogP contribution in [0.15, 0.2) is 0 Å². The van der Waals surface area contributed by atoms with E-state index < -0.39 is 20.8 Å². The summed E-state index contributed by atoms with van der Waals surface area (Å²) < 4.78 is 14.6. The Kier molecular flexibility index (Phi) is 3.13. The van der Waals surface area contributed by atoms with Crippen molar-refractivity contribution in [3.05, 3.63) is 0 Å². The van der Waals surface area contributed by atoms with E-state index in [0.717, 1.165) is 11.8 Å². The number of esters is 1. The number of Topliss-reactive ketones (excluding diaryl/α,β-unsaturated/α-hetero) is 1. The van der Waals surface area contributed by atoms with Crippen LogP contribution in [0, 0.1) is 0 Å². The summed E-state index contributed by atoms with van der Waals surface area (Å²) in [7, 11) is -0.243. The summed E-state index contributed by atoms with van der Waals surface area (Å²) in [5.41, 5.74) is 0. The van der Waals surface area contributed by atoms with Crippen LogP contribution in [0.25, 0.3) is 0 Å². The van der Waals surface area contributed by atoms with Crippen molar-refractivity contribution < 1.29 is 18.5 Å². The average Bonchev–Trinajstić information content (AvgIpc) is 2.47. The van der Waals surface area contributed by atoms with Gasteiger partial charge in [-0.15, -0.1) is 11.8 Å². The molecule has 1 heterocycles. The first-order valence-electron chi connectivity index (χ1n) is 3.67. The molecule has 0 saturated carbocycles. The lowest BCUT2D eigenvalue weighted by Gasteiger charge is -2.19. The summed E-state index contributed by atoms with van der Waals surface area (Å²) in [5.74, 6) is -0.151. The van der Waals surface area contributed by atoms with Crippen molar-refractivity contribution in [3.63, 3.8) is 0 Å². The van der Waals surface area contributed by atoms with E-state index in [0.29, 0.717) is 11.5 Å². The van der Waals surface area contributed by atoms with Gasteiger partial charge < -0.3 is 4.74 Å². The molecule has 0 aromatic rings. The molecule has 0 amide bonds. The van der Waals surface area contributed by atoms with Crippen molar-refractivity contribution in [2.75, 3.05) is 18.6 Å². The standard InChI is InChI=1S/C7H10O4S2/c1-5(8)7(6(9)11-2)12-3-4-13(7)10/h3-4H2,1-2H3/t7-,13-/m0/s1. The van der Waals surface area contributed by atoms with Crippen LogP contribution in [0.1, 0.15) is 6.92 Å². The Bertz CT molecular complexity index is 276. The first-order chi connectivity index (χ1) is 6.05. The van der Waals surface area contributed by atoms with Crippen molar-refractivity contribution >= 4 is 34.3 Å². The number of carbonyl (C=O) groups excluding carboxylic acids is 2. The maximum Gasteiger partial charge on any atom is 0.342 e. The van der Waals surface area contributed by atoms with Gasteiger partial charge >= 0.3 is 5.97 Å². The van der Waals surface area contributed by atoms with Gasteiger partial charge in [0.1, 0.15) is 0 Å². The summed E-state index contributed by atoms with van der Waals surface area (Å²) in [4.78, 5) is 22.6. The molecular weight excluding hydrogens is 212 g/mol. The van der Waals surface area contributed by atoms with Crippen molar-refractivity contribution in [1.82, 2.24) is 0 Å². The molecule has 1 saturated heterocycles. The molecule has 0 bridgehead atoms. The van der Waals surface area contributed by atoms with E-state index in [1.54, 1.807) is 0 Å². The number of methoxy groups -OCH3 is 1. The minimum absolute atomic E-state index is 0.374. The van der Waals surface area contributed by atoms with E-state index in [2.05, 4.69) is 4.74 Å². The number of hydrogen-bond acceptors (Lipinski definition) is 5. The maximum atomic E-state index is 11.5. The molecule has 0 aromatic carbocycles. The van der Waals surface area contributed by atoms with Crippen molar-refractivity contribution in [2.45, 2.75) is 11.0 Å². The predicted molar refractivity (Wildman–Crippen MR) is 50.9 cm³/mol. The number of hydrogen-bond donors (Lipinski definition) is 0. The average molecular weight is 222 g/mol. The van der Waals surface area contributed by atoms with Gasteiger partial charge in [-0.25, -0.2) is 4.79 Å². The molecule has 4 nitrogen and oxygen atoms in total. The van der Waals surface area contributed by atoms with Crippen LogP contribution in [0.3, 0.4) is 0 Å². The lowest BCUT2D eigenvalue weighted by Crippen LogP contribution is -2.44. The van der Waals surface area contributed by atoms with Crippen LogP contribution in [-0.2, 0) is 25.1 Å². The first-order valence-corrected chi connectivity index (χ1v) is 5.98. The summed E-state index contributed by atoms with van der Waals surface area (Å²) in [6, 6.07) is 0. The number of ketones is 1. The summed E-state index contributed by atoms with van der Waals surface area (Å²) >= 11 is 1.11. The zero-order valence-corrected chi connectivity index (χ0v) is 9.00. The van der Waals surface area contributed by atoms with Gasteiger partial charge in [0.2, 0.25) is 4.08 Å². The molecule has 13 heavy (non-hydrogen) atoms. The molecule has 1 aliphatic rings. The second kappa shape index (κ2) is 3.79. The van der Waals surface area contributed by atoms with Gasteiger partial charge in [0.15, 0.2) is 5.78 Å². The minimum Gasteiger partial charge on any atom is -0.467 e. The van der Waals surface area contributed by atoms with Gasteiger partial charge in [-0.05, 0) is 6.92 Å². The second-order valence-electron chi connectivity index (χ2n) is 2.56. The monoisotopic (exact) mass is 222 g/mol. The number of ether oxygens (including phenoxy) is 1. The highest BCUT2D eigenvalue weighted by molar-refractivity contribution is 8.17. The van der Waals surface area contributed by atoms with E-state index >= 15 is 0 Å². The molecule has 0 aliphatic carbocycles. The van der Waals surface area contributed by atoms with E-state index in [9.17, 15) is 13.8 Å². The Morgan fingerprint density at radius 1 is 1.54 bits per heavy atom. The molecule has 1 rings (SSSR count). The maximum absolute atomic E-state index is 11.5. The van der Waals surface area contributed by atoms with Crippen molar-refractivity contribution in [3.8, 4) is 0 Å². The second-order valence-corrected chi connectivity index (χ2v) is 5.84. The third-order valence-corrected chi connectivity index (χ3v) is 5.92. The Labute approximate surface area is 82.9 Å². The smallest absolute Gasteiger partial charge is 0.342 e. The third-order valence-electron chi connectivity index (χ3n) is 1.81. The highest BCUT2D eigenvalue weighted by atomic mass is 32.2. The SMILES string of the molecule is COC(=O)[C@@]1(C(C)=O)SCC[S@@]1=O.